The third-order valence-electron chi connectivity index (χ3n) is 13.8. The number of ether oxygens (including phenoxy) is 1. The highest BCUT2D eigenvalue weighted by Gasteiger charge is 2.35. The summed E-state index contributed by atoms with van der Waals surface area (Å²) in [5.41, 5.74) is 13.0. The number of carbonyl (C=O) groups is 2. The molecule has 1 unspecified atom stereocenters. The van der Waals surface area contributed by atoms with Crippen molar-refractivity contribution in [2.75, 3.05) is 89.3 Å². The van der Waals surface area contributed by atoms with Gasteiger partial charge in [-0.05, 0) is 66.3 Å². The number of hydrogen-bond donors (Lipinski definition) is 3. The minimum Gasteiger partial charge on any atom is -0.508 e. The number of aromatic nitrogens is 4. The molecule has 16 heteroatoms. The van der Waals surface area contributed by atoms with E-state index in [1.54, 1.807) is 23.4 Å². The number of nitrogens with two attached hydrogens (primary N) is 1. The van der Waals surface area contributed by atoms with Gasteiger partial charge in [0.1, 0.15) is 17.3 Å². The van der Waals surface area contributed by atoms with Crippen LogP contribution in [0.15, 0.2) is 42.7 Å². The molecule has 5 aliphatic rings. The number of amides is 2. The summed E-state index contributed by atoms with van der Waals surface area (Å²) in [4.78, 5) is 59.4. The third kappa shape index (κ3) is 9.31. The number of nitrogens with zero attached hydrogens (tertiary/aromatic N) is 10. The molecule has 0 saturated carbocycles. The van der Waals surface area contributed by atoms with Crippen LogP contribution in [0.2, 0.25) is 0 Å². The highest BCUT2D eigenvalue weighted by molar-refractivity contribution is 5.97. The van der Waals surface area contributed by atoms with Crippen molar-refractivity contribution in [2.24, 2.45) is 5.92 Å². The molecule has 7 heterocycles. The second-order valence-electron chi connectivity index (χ2n) is 18.3. The van der Waals surface area contributed by atoms with E-state index in [0.717, 1.165) is 119 Å². The van der Waals surface area contributed by atoms with Crippen LogP contribution in [0.4, 0.5) is 11.8 Å². The van der Waals surface area contributed by atoms with E-state index in [1.165, 1.54) is 11.6 Å². The number of piperazine rings is 1. The fourth-order valence-corrected chi connectivity index (χ4v) is 9.98. The zero-order valence-corrected chi connectivity index (χ0v) is 36.9. The van der Waals surface area contributed by atoms with Gasteiger partial charge in [0.05, 0.1) is 36.1 Å². The number of phenols is 2. The fraction of sp³-hybridized carbons (Fsp3) is 0.532. The molecule has 0 spiro atoms. The van der Waals surface area contributed by atoms with Gasteiger partial charge in [-0.3, -0.25) is 19.4 Å². The number of hydrogen-bond acceptors (Lipinski definition) is 14. The highest BCUT2D eigenvalue weighted by atomic mass is 16.5. The minimum absolute atomic E-state index is 0.00749. The van der Waals surface area contributed by atoms with E-state index < -0.39 is 0 Å². The molecule has 16 nitrogen and oxygen atoms in total. The summed E-state index contributed by atoms with van der Waals surface area (Å²) in [7, 11) is 0. The summed E-state index contributed by atoms with van der Waals surface area (Å²) in [6.45, 7) is 18.7. The molecule has 3 fully saturated rings. The van der Waals surface area contributed by atoms with Crippen LogP contribution in [-0.2, 0) is 42.1 Å². The van der Waals surface area contributed by atoms with Gasteiger partial charge in [0.25, 0.3) is 5.91 Å². The van der Waals surface area contributed by atoms with Gasteiger partial charge in [-0.25, -0.2) is 19.9 Å². The van der Waals surface area contributed by atoms with Crippen molar-refractivity contribution in [3.8, 4) is 22.9 Å². The number of aromatic hydroxyl groups is 2. The Morgan fingerprint density at radius 3 is 2.25 bits per heavy atom. The molecule has 0 bridgehead atoms. The first-order chi connectivity index (χ1) is 30.5. The number of carbonyl (C=O) groups excluding carboxylic acids is 2. The Hall–Kier alpha value is -5.42. The van der Waals surface area contributed by atoms with Gasteiger partial charge in [0.2, 0.25) is 11.9 Å². The largest absolute Gasteiger partial charge is 0.508 e. The molecule has 4 N–H and O–H groups in total. The first-order valence-electron chi connectivity index (χ1n) is 22.7. The number of morpholine rings is 1. The molecule has 63 heavy (non-hydrogen) atoms. The van der Waals surface area contributed by atoms with Gasteiger partial charge in [0, 0.05) is 116 Å². The van der Waals surface area contributed by atoms with Crippen LogP contribution in [0.1, 0.15) is 83.4 Å². The number of benzene rings is 2. The van der Waals surface area contributed by atoms with Crippen molar-refractivity contribution in [1.82, 2.24) is 44.4 Å². The number of rotatable bonds is 10. The Labute approximate surface area is 369 Å². The van der Waals surface area contributed by atoms with Gasteiger partial charge in [0.15, 0.2) is 5.82 Å². The average Bonchev–Trinajstić information content (AvgIpc) is 3.73. The molecule has 2 aromatic carbocycles. The van der Waals surface area contributed by atoms with Crippen LogP contribution in [0.5, 0.6) is 11.5 Å². The molecule has 2 aromatic heterocycles. The van der Waals surface area contributed by atoms with E-state index >= 15 is 0 Å². The SMILES string of the molecule is CC(C)c1cc(C(=O)N2Cc3ccc(CN4CCN(CC5CCN(C(=O)C(C)N6CCc7c(nc(-c8cnc(N)nc8)nc7N7CCOCC7)C6)CC5)CC4)cc3C2)c(O)cc1O. The number of phenolic OH excluding ortho intramolecular Hbond substituents is 2. The molecular weight excluding hydrogens is 799 g/mol. The van der Waals surface area contributed by atoms with Crippen molar-refractivity contribution in [1.29, 1.82) is 0 Å². The quantitative estimate of drug-likeness (QED) is 0.209. The normalized spacial score (nSPS) is 19.7. The number of piperidine rings is 1. The second kappa shape index (κ2) is 18.4. The Morgan fingerprint density at radius 1 is 0.810 bits per heavy atom. The molecule has 2 amide bonds. The van der Waals surface area contributed by atoms with E-state index in [1.807, 2.05) is 20.8 Å². The van der Waals surface area contributed by atoms with Gasteiger partial charge in [-0.1, -0.05) is 32.0 Å². The molecule has 0 radical (unpaired) electrons. The molecule has 3 saturated heterocycles. The molecule has 4 aromatic rings. The number of anilines is 2. The summed E-state index contributed by atoms with van der Waals surface area (Å²) >= 11 is 0. The smallest absolute Gasteiger partial charge is 0.258 e. The maximum Gasteiger partial charge on any atom is 0.258 e. The summed E-state index contributed by atoms with van der Waals surface area (Å²) in [5.74, 6) is 2.10. The molecule has 1 atom stereocenters. The summed E-state index contributed by atoms with van der Waals surface area (Å²) in [5, 5.41) is 20.8. The lowest BCUT2D eigenvalue weighted by Crippen LogP contribution is -2.52. The number of likely N-dealkylation sites (tertiary alicyclic amines) is 1. The van der Waals surface area contributed by atoms with Gasteiger partial charge in [-0.15, -0.1) is 0 Å². The molecule has 0 aliphatic carbocycles. The van der Waals surface area contributed by atoms with E-state index in [4.69, 9.17) is 20.4 Å². The maximum absolute atomic E-state index is 14.0. The molecule has 5 aliphatic heterocycles. The van der Waals surface area contributed by atoms with Gasteiger partial charge < -0.3 is 40.3 Å². The lowest BCUT2D eigenvalue weighted by atomic mass is 9.95. The minimum atomic E-state index is -0.252. The molecule has 9 rings (SSSR count). The monoisotopic (exact) mass is 859 g/mol. The predicted molar refractivity (Wildman–Crippen MR) is 239 cm³/mol. The lowest BCUT2D eigenvalue weighted by molar-refractivity contribution is -0.138. The van der Waals surface area contributed by atoms with Crippen molar-refractivity contribution in [3.05, 3.63) is 81.8 Å². The predicted octanol–water partition coefficient (Wildman–Crippen LogP) is 3.85. The van der Waals surface area contributed by atoms with Crippen LogP contribution in [0, 0.1) is 5.92 Å². The molecule has 334 valence electrons. The number of fused-ring (bicyclic) bond motifs is 2. The summed E-state index contributed by atoms with van der Waals surface area (Å²) in [6.07, 6.45) is 6.14. The van der Waals surface area contributed by atoms with E-state index in [-0.39, 0.29) is 46.8 Å². The number of nitrogen functional groups attached to an aromatic ring is 1. The van der Waals surface area contributed by atoms with Gasteiger partial charge in [-0.2, -0.15) is 0 Å². The van der Waals surface area contributed by atoms with E-state index in [9.17, 15) is 19.8 Å². The zero-order chi connectivity index (χ0) is 43.8. The Morgan fingerprint density at radius 2 is 1.52 bits per heavy atom. The Balaban J connectivity index is 0.738. The van der Waals surface area contributed by atoms with Crippen molar-refractivity contribution in [3.63, 3.8) is 0 Å². The van der Waals surface area contributed by atoms with Crippen LogP contribution in [-0.4, -0.2) is 151 Å². The second-order valence-corrected chi connectivity index (χ2v) is 18.3. The van der Waals surface area contributed by atoms with Crippen LogP contribution >= 0.6 is 0 Å². The van der Waals surface area contributed by atoms with Crippen molar-refractivity contribution >= 4 is 23.6 Å². The van der Waals surface area contributed by atoms with E-state index in [2.05, 4.69) is 52.7 Å². The highest BCUT2D eigenvalue weighted by Crippen LogP contribution is 2.35. The average molecular weight is 860 g/mol. The summed E-state index contributed by atoms with van der Waals surface area (Å²) < 4.78 is 5.64. The van der Waals surface area contributed by atoms with Crippen molar-refractivity contribution < 1.29 is 24.5 Å². The fourth-order valence-electron chi connectivity index (χ4n) is 9.98. The van der Waals surface area contributed by atoms with Crippen LogP contribution in [0.25, 0.3) is 11.4 Å². The van der Waals surface area contributed by atoms with Crippen LogP contribution < -0.4 is 10.6 Å². The lowest BCUT2D eigenvalue weighted by Gasteiger charge is -2.41. The first kappa shape index (κ1) is 42.9. The Bertz CT molecular complexity index is 2300. The topological polar surface area (TPSA) is 181 Å². The molecular formula is C47H61N11O5. The first-order valence-corrected chi connectivity index (χ1v) is 22.7. The van der Waals surface area contributed by atoms with Crippen molar-refractivity contribution in [2.45, 2.75) is 78.2 Å². The van der Waals surface area contributed by atoms with E-state index in [0.29, 0.717) is 55.7 Å². The maximum atomic E-state index is 14.0. The standard InChI is InChI=1S/C47H61N11O5/c1-30(2)38-21-39(42(60)22-41(38)59)46(62)58-27-34-5-4-33(20-35(34)28-58)26-54-14-12-53(13-15-54)25-32-6-9-56(10-7-32)45(61)31(3)57-11-8-37-40(29-57)51-43(36-23-49-47(48)50-24-36)52-44(37)55-16-18-63-19-17-55/h4-5,20-24,30-32,59-60H,6-19,25-29H2,1-3H3,(H2,48,49,50). The summed E-state index contributed by atoms with van der Waals surface area (Å²) in [6, 6.07) is 9.21. The Kier molecular flexibility index (Phi) is 12.5. The zero-order valence-electron chi connectivity index (χ0n) is 36.9. The van der Waals surface area contributed by atoms with Gasteiger partial charge >= 0.3 is 0 Å². The van der Waals surface area contributed by atoms with Crippen LogP contribution in [0.3, 0.4) is 0 Å². The third-order valence-corrected chi connectivity index (χ3v) is 13.8.